The molecule has 0 radical (unpaired) electrons. The molecule has 0 N–H and O–H groups in total. The molecule has 0 bridgehead atoms. The van der Waals surface area contributed by atoms with Crippen molar-refractivity contribution in [3.63, 3.8) is 0 Å². The average molecular weight is 272 g/mol. The molecule has 0 amide bonds. The first-order valence-corrected chi connectivity index (χ1v) is 8.25. The molecule has 18 heavy (non-hydrogen) atoms. The number of unbranched alkanes of at least 4 members (excludes halogenated alkanes) is 2. The van der Waals surface area contributed by atoms with Crippen LogP contribution in [0.4, 0.5) is 5.82 Å². The van der Waals surface area contributed by atoms with Crippen molar-refractivity contribution in [1.82, 2.24) is 4.57 Å². The normalized spacial score (nSPS) is 11.7. The van der Waals surface area contributed by atoms with Crippen LogP contribution in [0.15, 0.2) is 18.3 Å². The number of hydrogen-bond acceptors (Lipinski definition) is 2. The molecule has 1 heterocycles. The van der Waals surface area contributed by atoms with Gasteiger partial charge in [-0.2, -0.15) is 0 Å². The lowest BCUT2D eigenvalue weighted by Crippen LogP contribution is -2.35. The van der Waals surface area contributed by atoms with E-state index in [9.17, 15) is 8.42 Å². The van der Waals surface area contributed by atoms with Gasteiger partial charge in [0, 0.05) is 19.8 Å². The Bertz CT molecular complexity index is 451. The summed E-state index contributed by atoms with van der Waals surface area (Å²) < 4.78 is 28.1. The lowest BCUT2D eigenvalue weighted by molar-refractivity contribution is 0.583. The summed E-state index contributed by atoms with van der Waals surface area (Å²) in [5.41, 5.74) is 0. The van der Waals surface area contributed by atoms with E-state index in [1.807, 2.05) is 36.9 Å². The van der Waals surface area contributed by atoms with Gasteiger partial charge in [-0.05, 0) is 25.0 Å². The van der Waals surface area contributed by atoms with Gasteiger partial charge in [0.15, 0.2) is 0 Å². The molecule has 1 aromatic heterocycles. The molecule has 0 fully saturated rings. The molecule has 0 saturated carbocycles. The second kappa shape index (κ2) is 6.83. The fourth-order valence-electron chi connectivity index (χ4n) is 1.85. The molecule has 0 aliphatic heterocycles. The first-order valence-electron chi connectivity index (χ1n) is 6.64. The van der Waals surface area contributed by atoms with E-state index < -0.39 is 10.0 Å². The number of rotatable bonds is 8. The van der Waals surface area contributed by atoms with Crippen LogP contribution in [0.1, 0.15) is 39.5 Å². The zero-order valence-electron chi connectivity index (χ0n) is 11.6. The molecule has 0 spiro atoms. The molecule has 0 aromatic carbocycles. The zero-order chi connectivity index (χ0) is 13.6. The minimum atomic E-state index is -3.19. The number of sulfonamides is 1. The number of aryl methyl sites for hydroxylation is 1. The van der Waals surface area contributed by atoms with Crippen LogP contribution in [0.3, 0.4) is 0 Å². The van der Waals surface area contributed by atoms with E-state index in [1.165, 1.54) is 0 Å². The third kappa shape index (κ3) is 3.77. The average Bonchev–Trinajstić information content (AvgIpc) is 2.73. The summed E-state index contributed by atoms with van der Waals surface area (Å²) in [5.74, 6) is 0.998. The quantitative estimate of drug-likeness (QED) is 0.730. The summed E-state index contributed by atoms with van der Waals surface area (Å²) in [6.07, 6.45) is 5.37. The lowest BCUT2D eigenvalue weighted by Gasteiger charge is -2.24. The van der Waals surface area contributed by atoms with E-state index in [-0.39, 0.29) is 5.75 Å². The minimum absolute atomic E-state index is 0.235. The van der Waals surface area contributed by atoms with Crippen LogP contribution in [0, 0.1) is 0 Å². The molecule has 0 aliphatic carbocycles. The molecule has 5 heteroatoms. The molecule has 1 rings (SSSR count). The third-order valence-corrected chi connectivity index (χ3v) is 4.82. The molecule has 104 valence electrons. The standard InChI is InChI=1S/C13H24N2O2S/c1-4-6-11-15(13-9-8-10-14(13)3)18(16,17)12-7-5-2/h8-10H,4-7,11-12H2,1-3H3. The summed E-state index contributed by atoms with van der Waals surface area (Å²) in [6, 6.07) is 3.74. The fourth-order valence-corrected chi connectivity index (χ4v) is 3.60. The van der Waals surface area contributed by atoms with E-state index in [1.54, 1.807) is 4.31 Å². The fraction of sp³-hybridized carbons (Fsp3) is 0.692. The van der Waals surface area contributed by atoms with E-state index in [2.05, 4.69) is 6.92 Å². The SMILES string of the molecule is CCCCN(c1cccn1C)S(=O)(=O)CCCC. The van der Waals surface area contributed by atoms with Gasteiger partial charge >= 0.3 is 0 Å². The molecule has 0 saturated heterocycles. The maximum absolute atomic E-state index is 12.4. The van der Waals surface area contributed by atoms with Crippen LogP contribution in [-0.4, -0.2) is 25.3 Å². The van der Waals surface area contributed by atoms with E-state index >= 15 is 0 Å². The van der Waals surface area contributed by atoms with E-state index in [0.29, 0.717) is 6.54 Å². The largest absolute Gasteiger partial charge is 0.337 e. The van der Waals surface area contributed by atoms with Crippen molar-refractivity contribution in [2.24, 2.45) is 7.05 Å². The Morgan fingerprint density at radius 2 is 1.89 bits per heavy atom. The van der Waals surface area contributed by atoms with Crippen LogP contribution in [0.25, 0.3) is 0 Å². The Labute approximate surface area is 111 Å². The maximum Gasteiger partial charge on any atom is 0.236 e. The summed E-state index contributed by atoms with van der Waals surface area (Å²) in [6.45, 7) is 4.65. The lowest BCUT2D eigenvalue weighted by atomic mass is 10.3. The Morgan fingerprint density at radius 1 is 1.22 bits per heavy atom. The molecule has 0 aliphatic rings. The van der Waals surface area contributed by atoms with Gasteiger partial charge in [0.1, 0.15) is 5.82 Å². The Balaban J connectivity index is 2.95. The molecule has 0 atom stereocenters. The summed E-state index contributed by atoms with van der Waals surface area (Å²) in [5, 5.41) is 0. The molecular formula is C13H24N2O2S. The zero-order valence-corrected chi connectivity index (χ0v) is 12.4. The van der Waals surface area contributed by atoms with Crippen LogP contribution in [0.5, 0.6) is 0 Å². The Morgan fingerprint density at radius 3 is 2.39 bits per heavy atom. The van der Waals surface area contributed by atoms with Gasteiger partial charge in [0.05, 0.1) is 5.75 Å². The predicted octanol–water partition coefficient (Wildman–Crippen LogP) is 2.76. The van der Waals surface area contributed by atoms with E-state index in [0.717, 1.165) is 31.5 Å². The van der Waals surface area contributed by atoms with Crippen LogP contribution in [-0.2, 0) is 17.1 Å². The smallest absolute Gasteiger partial charge is 0.236 e. The number of hydrogen-bond donors (Lipinski definition) is 0. The van der Waals surface area contributed by atoms with Gasteiger partial charge < -0.3 is 4.57 Å². The Hall–Kier alpha value is -0.970. The maximum atomic E-state index is 12.4. The highest BCUT2D eigenvalue weighted by atomic mass is 32.2. The second-order valence-electron chi connectivity index (χ2n) is 4.57. The van der Waals surface area contributed by atoms with Gasteiger partial charge in [-0.1, -0.05) is 26.7 Å². The van der Waals surface area contributed by atoms with Crippen LogP contribution < -0.4 is 4.31 Å². The third-order valence-electron chi connectivity index (χ3n) is 2.98. The number of aromatic nitrogens is 1. The second-order valence-corrected chi connectivity index (χ2v) is 6.59. The topological polar surface area (TPSA) is 42.3 Å². The van der Waals surface area contributed by atoms with Gasteiger partial charge in [-0.3, -0.25) is 4.31 Å². The highest BCUT2D eigenvalue weighted by Gasteiger charge is 2.22. The molecule has 4 nitrogen and oxygen atoms in total. The molecular weight excluding hydrogens is 248 g/mol. The van der Waals surface area contributed by atoms with Crippen LogP contribution >= 0.6 is 0 Å². The van der Waals surface area contributed by atoms with Gasteiger partial charge in [0.2, 0.25) is 10.0 Å². The highest BCUT2D eigenvalue weighted by molar-refractivity contribution is 7.92. The van der Waals surface area contributed by atoms with Gasteiger partial charge in [0.25, 0.3) is 0 Å². The monoisotopic (exact) mass is 272 g/mol. The number of nitrogens with zero attached hydrogens (tertiary/aromatic N) is 2. The number of anilines is 1. The van der Waals surface area contributed by atoms with Crippen molar-refractivity contribution in [2.75, 3.05) is 16.6 Å². The van der Waals surface area contributed by atoms with Crippen molar-refractivity contribution in [3.05, 3.63) is 18.3 Å². The molecule has 0 unspecified atom stereocenters. The summed E-state index contributed by atoms with van der Waals surface area (Å²) in [7, 11) is -1.31. The van der Waals surface area contributed by atoms with Crippen molar-refractivity contribution in [2.45, 2.75) is 39.5 Å². The van der Waals surface area contributed by atoms with Crippen molar-refractivity contribution < 1.29 is 8.42 Å². The van der Waals surface area contributed by atoms with Gasteiger partial charge in [-0.15, -0.1) is 0 Å². The Kier molecular flexibility index (Phi) is 5.72. The summed E-state index contributed by atoms with van der Waals surface area (Å²) >= 11 is 0. The minimum Gasteiger partial charge on any atom is -0.337 e. The molecule has 1 aromatic rings. The summed E-state index contributed by atoms with van der Waals surface area (Å²) in [4.78, 5) is 0. The highest BCUT2D eigenvalue weighted by Crippen LogP contribution is 2.20. The van der Waals surface area contributed by atoms with E-state index in [4.69, 9.17) is 0 Å². The van der Waals surface area contributed by atoms with Gasteiger partial charge in [-0.25, -0.2) is 8.42 Å². The first kappa shape index (κ1) is 15.1. The van der Waals surface area contributed by atoms with Crippen molar-refractivity contribution in [1.29, 1.82) is 0 Å². The predicted molar refractivity (Wildman–Crippen MR) is 76.4 cm³/mol. The van der Waals surface area contributed by atoms with Crippen LogP contribution in [0.2, 0.25) is 0 Å². The first-order chi connectivity index (χ1) is 8.53. The van der Waals surface area contributed by atoms with Crippen molar-refractivity contribution in [3.8, 4) is 0 Å². The van der Waals surface area contributed by atoms with Crippen molar-refractivity contribution >= 4 is 15.8 Å².